The molecule has 0 saturated carbocycles. The Hall–Kier alpha value is -3.19. The maximum absolute atomic E-state index is 13.2. The molecule has 1 aliphatic heterocycles. The number of phenolic OH excluding ortho intramolecular Hbond substituents is 1. The first-order valence-electron chi connectivity index (χ1n) is 10.9. The molecule has 0 amide bonds. The van der Waals surface area contributed by atoms with Crippen molar-refractivity contribution in [3.63, 3.8) is 0 Å². The number of esters is 1. The Labute approximate surface area is 186 Å². The fourth-order valence-electron chi connectivity index (χ4n) is 4.28. The van der Waals surface area contributed by atoms with Crippen LogP contribution in [0.2, 0.25) is 0 Å². The summed E-state index contributed by atoms with van der Waals surface area (Å²) in [5, 5.41) is 13.8. The Morgan fingerprint density at radius 1 is 1.19 bits per heavy atom. The van der Waals surface area contributed by atoms with Crippen molar-refractivity contribution in [1.82, 2.24) is 10.1 Å². The molecule has 32 heavy (non-hydrogen) atoms. The zero-order valence-corrected chi connectivity index (χ0v) is 18.1. The average molecular weight is 438 g/mol. The number of aromatic nitrogens is 1. The molecule has 0 radical (unpaired) electrons. The van der Waals surface area contributed by atoms with Gasteiger partial charge < -0.3 is 14.4 Å². The van der Waals surface area contributed by atoms with Gasteiger partial charge in [0.2, 0.25) is 0 Å². The Morgan fingerprint density at radius 3 is 2.62 bits per heavy atom. The van der Waals surface area contributed by atoms with Gasteiger partial charge in [0.05, 0.1) is 12.0 Å². The molecule has 1 N–H and O–H groups in total. The third-order valence-electron chi connectivity index (χ3n) is 6.05. The maximum Gasteiger partial charge on any atom is 0.312 e. The molecule has 0 spiro atoms. The molecule has 0 atom stereocenters. The third-order valence-corrected chi connectivity index (χ3v) is 6.05. The smallest absolute Gasteiger partial charge is 0.312 e. The van der Waals surface area contributed by atoms with Gasteiger partial charge in [-0.3, -0.25) is 9.69 Å². The minimum absolute atomic E-state index is 0.211. The lowest BCUT2D eigenvalue weighted by atomic mass is 9.74. The van der Waals surface area contributed by atoms with E-state index in [1.807, 2.05) is 25.1 Å². The van der Waals surface area contributed by atoms with Crippen LogP contribution in [0.25, 0.3) is 11.3 Å². The number of hydrogen-bond acceptors (Lipinski definition) is 6. The highest BCUT2D eigenvalue weighted by Crippen LogP contribution is 2.38. The van der Waals surface area contributed by atoms with Crippen molar-refractivity contribution < 1.29 is 23.6 Å². The van der Waals surface area contributed by atoms with Crippen LogP contribution < -0.4 is 0 Å². The molecule has 2 aromatic carbocycles. The predicted octanol–water partition coefficient (Wildman–Crippen LogP) is 4.57. The van der Waals surface area contributed by atoms with Crippen LogP contribution in [0.3, 0.4) is 0 Å². The average Bonchev–Trinajstić information content (AvgIpc) is 3.24. The van der Waals surface area contributed by atoms with E-state index in [1.165, 1.54) is 12.1 Å². The molecule has 4 rings (SSSR count). The summed E-state index contributed by atoms with van der Waals surface area (Å²) in [6.07, 6.45) is 1.68. The van der Waals surface area contributed by atoms with Crippen LogP contribution in [-0.4, -0.2) is 40.8 Å². The van der Waals surface area contributed by atoms with Crippen LogP contribution >= 0.6 is 0 Å². The van der Waals surface area contributed by atoms with E-state index < -0.39 is 5.41 Å². The van der Waals surface area contributed by atoms with Gasteiger partial charge in [-0.15, -0.1) is 0 Å². The summed E-state index contributed by atoms with van der Waals surface area (Å²) >= 11 is 0. The summed E-state index contributed by atoms with van der Waals surface area (Å²) in [6, 6.07) is 15.1. The fraction of sp³-hybridized carbons (Fsp3) is 0.360. The van der Waals surface area contributed by atoms with Crippen LogP contribution in [0, 0.1) is 11.2 Å². The zero-order valence-electron chi connectivity index (χ0n) is 18.1. The molecule has 1 fully saturated rings. The van der Waals surface area contributed by atoms with E-state index in [0.717, 1.165) is 24.2 Å². The Kier molecular flexibility index (Phi) is 6.55. The quantitative estimate of drug-likeness (QED) is 0.545. The molecule has 1 saturated heterocycles. The van der Waals surface area contributed by atoms with Crippen LogP contribution in [-0.2, 0) is 22.5 Å². The second kappa shape index (κ2) is 9.53. The van der Waals surface area contributed by atoms with Crippen LogP contribution in [0.1, 0.15) is 31.1 Å². The van der Waals surface area contributed by atoms with E-state index in [2.05, 4.69) is 10.1 Å². The molecule has 3 aromatic rings. The van der Waals surface area contributed by atoms with Gasteiger partial charge in [0.15, 0.2) is 0 Å². The number of rotatable bonds is 7. The second-order valence-corrected chi connectivity index (χ2v) is 8.31. The van der Waals surface area contributed by atoms with Gasteiger partial charge in [-0.1, -0.05) is 17.3 Å². The Bertz CT molecular complexity index is 1060. The molecule has 168 valence electrons. The Balaban J connectivity index is 1.47. The number of nitrogens with zero attached hydrogens (tertiary/aromatic N) is 2. The van der Waals surface area contributed by atoms with Gasteiger partial charge in [0.25, 0.3) is 0 Å². The highest BCUT2D eigenvalue weighted by Gasteiger charge is 2.43. The second-order valence-electron chi connectivity index (χ2n) is 8.31. The number of hydrogen-bond donors (Lipinski definition) is 1. The minimum atomic E-state index is -0.676. The fourth-order valence-corrected chi connectivity index (χ4v) is 4.28. The summed E-state index contributed by atoms with van der Waals surface area (Å²) in [6.45, 7) is 4.31. The maximum atomic E-state index is 13.2. The molecule has 0 unspecified atom stereocenters. The first-order valence-corrected chi connectivity index (χ1v) is 10.9. The number of piperidine rings is 1. The number of ether oxygens (including phenoxy) is 1. The largest absolute Gasteiger partial charge is 0.508 e. The van der Waals surface area contributed by atoms with Crippen LogP contribution in [0.4, 0.5) is 4.39 Å². The predicted molar refractivity (Wildman–Crippen MR) is 117 cm³/mol. The van der Waals surface area contributed by atoms with E-state index in [9.17, 15) is 14.3 Å². The SMILES string of the molecule is CCOC(=O)C1(Cc2cc(-c3ccc(F)cc3)no2)CCN(Cc2cccc(O)c2)CC1. The molecule has 0 aliphatic carbocycles. The highest BCUT2D eigenvalue weighted by molar-refractivity contribution is 5.77. The van der Waals surface area contributed by atoms with Gasteiger partial charge in [0.1, 0.15) is 23.0 Å². The molecule has 1 aliphatic rings. The molecule has 1 aromatic heterocycles. The summed E-state index contributed by atoms with van der Waals surface area (Å²) in [7, 11) is 0. The number of aromatic hydroxyl groups is 1. The van der Waals surface area contributed by atoms with E-state index in [0.29, 0.717) is 43.9 Å². The number of benzene rings is 2. The monoisotopic (exact) mass is 438 g/mol. The number of phenols is 1. The molecular weight excluding hydrogens is 411 g/mol. The van der Waals surface area contributed by atoms with E-state index in [-0.39, 0.29) is 17.5 Å². The third kappa shape index (κ3) is 4.99. The molecule has 0 bridgehead atoms. The van der Waals surface area contributed by atoms with Crippen molar-refractivity contribution in [2.75, 3.05) is 19.7 Å². The van der Waals surface area contributed by atoms with Crippen LogP contribution in [0.5, 0.6) is 5.75 Å². The van der Waals surface area contributed by atoms with Gasteiger partial charge in [-0.05, 0) is 74.8 Å². The first-order chi connectivity index (χ1) is 15.5. The number of likely N-dealkylation sites (tertiary alicyclic amines) is 1. The molecular formula is C25H27FN2O4. The van der Waals surface area contributed by atoms with E-state index >= 15 is 0 Å². The van der Waals surface area contributed by atoms with E-state index in [1.54, 1.807) is 24.3 Å². The first kappa shape index (κ1) is 22.0. The van der Waals surface area contributed by atoms with Crippen molar-refractivity contribution in [3.8, 4) is 17.0 Å². The van der Waals surface area contributed by atoms with Crippen molar-refractivity contribution in [2.24, 2.45) is 5.41 Å². The molecule has 6 nitrogen and oxygen atoms in total. The van der Waals surface area contributed by atoms with Crippen molar-refractivity contribution in [3.05, 3.63) is 71.7 Å². The molecule has 7 heteroatoms. The summed E-state index contributed by atoms with van der Waals surface area (Å²) in [5.74, 6) is 0.342. The van der Waals surface area contributed by atoms with E-state index in [4.69, 9.17) is 9.26 Å². The summed E-state index contributed by atoms with van der Waals surface area (Å²) in [4.78, 5) is 15.2. The highest BCUT2D eigenvalue weighted by atomic mass is 19.1. The standard InChI is InChI=1S/C25H27FN2O4/c1-2-31-24(30)25(10-12-28(13-11-25)17-18-4-3-5-21(29)14-18)16-22-15-23(27-32-22)19-6-8-20(26)9-7-19/h3-9,14-15,29H,2,10-13,16-17H2,1H3. The Morgan fingerprint density at radius 2 is 1.94 bits per heavy atom. The molecule has 2 heterocycles. The normalized spacial score (nSPS) is 16.1. The number of carbonyl (C=O) groups excluding carboxylic acids is 1. The van der Waals surface area contributed by atoms with Crippen molar-refractivity contribution >= 4 is 5.97 Å². The number of carbonyl (C=O) groups is 1. The van der Waals surface area contributed by atoms with Crippen LogP contribution in [0.15, 0.2) is 59.1 Å². The van der Waals surface area contributed by atoms with Gasteiger partial charge in [0, 0.05) is 24.6 Å². The van der Waals surface area contributed by atoms with Gasteiger partial charge >= 0.3 is 5.97 Å². The topological polar surface area (TPSA) is 75.8 Å². The van der Waals surface area contributed by atoms with Crippen molar-refractivity contribution in [1.29, 1.82) is 0 Å². The lowest BCUT2D eigenvalue weighted by molar-refractivity contribution is -0.159. The lowest BCUT2D eigenvalue weighted by Gasteiger charge is -2.39. The van der Waals surface area contributed by atoms with Gasteiger partial charge in [-0.25, -0.2) is 4.39 Å². The summed E-state index contributed by atoms with van der Waals surface area (Å²) < 4.78 is 24.2. The van der Waals surface area contributed by atoms with Crippen molar-refractivity contribution in [2.45, 2.75) is 32.7 Å². The van der Waals surface area contributed by atoms with Gasteiger partial charge in [-0.2, -0.15) is 0 Å². The lowest BCUT2D eigenvalue weighted by Crippen LogP contribution is -2.46. The number of halogens is 1. The minimum Gasteiger partial charge on any atom is -0.508 e. The summed E-state index contributed by atoms with van der Waals surface area (Å²) in [5.41, 5.74) is 1.73. The zero-order chi connectivity index (χ0) is 22.6.